The Kier molecular flexibility index (Phi) is 6.36. The lowest BCUT2D eigenvalue weighted by Crippen LogP contribution is -2.22. The number of dihydropyridines is 1. The van der Waals surface area contributed by atoms with Crippen molar-refractivity contribution in [1.29, 1.82) is 0 Å². The molecule has 0 amide bonds. The van der Waals surface area contributed by atoms with E-state index in [9.17, 15) is 0 Å². The number of halogens is 3. The predicted molar refractivity (Wildman–Crippen MR) is 83.0 cm³/mol. The molecule has 2 heterocycles. The molecule has 0 spiro atoms. The van der Waals surface area contributed by atoms with Gasteiger partial charge >= 0.3 is 0 Å². The van der Waals surface area contributed by atoms with E-state index in [1.54, 1.807) is 0 Å². The maximum atomic E-state index is 4.51. The molecule has 0 N–H and O–H groups in total. The van der Waals surface area contributed by atoms with Crippen LogP contribution in [0.1, 0.15) is 0 Å². The summed E-state index contributed by atoms with van der Waals surface area (Å²) < 4.78 is 0. The second-order valence-corrected chi connectivity index (χ2v) is 3.15. The number of rotatable bonds is 0. The fraction of sp³-hybridized carbons (Fsp3) is 0.0909. The van der Waals surface area contributed by atoms with E-state index in [1.807, 2.05) is 30.5 Å². The van der Waals surface area contributed by atoms with Crippen molar-refractivity contribution in [2.75, 3.05) is 6.54 Å². The third-order valence-electron chi connectivity index (χ3n) is 2.37. The Hall–Kier alpha value is -0.260. The van der Waals surface area contributed by atoms with Gasteiger partial charge in [-0.25, -0.2) is 4.99 Å². The summed E-state index contributed by atoms with van der Waals surface area (Å²) in [7, 11) is 0. The summed E-state index contributed by atoms with van der Waals surface area (Å²) in [5.74, 6) is 0. The number of nitrogens with zero attached hydrogens (tertiary/aromatic N) is 2. The van der Waals surface area contributed by atoms with Crippen molar-refractivity contribution in [1.82, 2.24) is 0 Å². The minimum absolute atomic E-state index is 0. The molecule has 0 aromatic heterocycles. The fourth-order valence-corrected chi connectivity index (χ4v) is 1.73. The molecule has 0 aliphatic carbocycles. The smallest absolute Gasteiger partial charge is 0.0713 e. The van der Waals surface area contributed by atoms with Gasteiger partial charge < -0.3 is 0 Å². The molecule has 16 heavy (non-hydrogen) atoms. The van der Waals surface area contributed by atoms with Crippen molar-refractivity contribution >= 4 is 62.7 Å². The average molecular weight is 411 g/mol. The average Bonchev–Trinajstić information content (AvgIpc) is 2.56. The molecule has 0 bridgehead atoms. The number of allylic oxidation sites excluding steroid dienone is 1. The largest absolute Gasteiger partial charge is 0.288 e. The monoisotopic (exact) mass is 408 g/mol. The molecule has 86 valence electrons. The molecule has 2 aliphatic rings. The van der Waals surface area contributed by atoms with Gasteiger partial charge in [0.25, 0.3) is 0 Å². The number of fused-ring (bicyclic) bond motifs is 2. The first-order valence-corrected chi connectivity index (χ1v) is 4.32. The Bertz CT molecular complexity index is 547. The zero-order chi connectivity index (χ0) is 8.67. The maximum Gasteiger partial charge on any atom is 0.0713 e. The summed E-state index contributed by atoms with van der Waals surface area (Å²) in [6, 6.07) is 8.21. The van der Waals surface area contributed by atoms with E-state index < -0.39 is 0 Å². The van der Waals surface area contributed by atoms with Crippen LogP contribution < -0.4 is 10.6 Å². The third kappa shape index (κ3) is 2.52. The highest BCUT2D eigenvalue weighted by atomic mass is 79.9. The van der Waals surface area contributed by atoms with E-state index in [1.165, 1.54) is 10.8 Å². The van der Waals surface area contributed by atoms with Crippen molar-refractivity contribution in [3.05, 3.63) is 46.6 Å². The standard InChI is InChI=1S/C11H8N2.3BrH/c1-2-4-10-8(3-1)9-7-12-6-5-11(9)13-10;;;/h1-6H,7H2;3*1H. The van der Waals surface area contributed by atoms with Crippen molar-refractivity contribution in [3.8, 4) is 0 Å². The van der Waals surface area contributed by atoms with E-state index >= 15 is 0 Å². The van der Waals surface area contributed by atoms with Gasteiger partial charge in [0.1, 0.15) is 0 Å². The predicted octanol–water partition coefficient (Wildman–Crippen LogP) is 2.17. The zero-order valence-corrected chi connectivity index (χ0v) is 13.4. The molecule has 5 heteroatoms. The Morgan fingerprint density at radius 3 is 2.56 bits per heavy atom. The van der Waals surface area contributed by atoms with Crippen molar-refractivity contribution in [2.45, 2.75) is 0 Å². The van der Waals surface area contributed by atoms with E-state index in [2.05, 4.69) is 16.1 Å². The van der Waals surface area contributed by atoms with Crippen LogP contribution in [-0.2, 0) is 0 Å². The highest BCUT2D eigenvalue weighted by Gasteiger charge is 2.12. The van der Waals surface area contributed by atoms with E-state index in [4.69, 9.17) is 0 Å². The Morgan fingerprint density at radius 2 is 1.75 bits per heavy atom. The number of benzene rings is 1. The van der Waals surface area contributed by atoms with Crippen molar-refractivity contribution in [3.63, 3.8) is 0 Å². The Balaban J connectivity index is 0.000000750. The van der Waals surface area contributed by atoms with Gasteiger partial charge in [-0.3, -0.25) is 4.99 Å². The first-order chi connectivity index (χ1) is 6.45. The molecule has 0 radical (unpaired) electrons. The van der Waals surface area contributed by atoms with Crippen LogP contribution in [0, 0.1) is 0 Å². The van der Waals surface area contributed by atoms with Crippen LogP contribution in [0.25, 0.3) is 5.57 Å². The van der Waals surface area contributed by atoms with Crippen LogP contribution in [0.3, 0.4) is 0 Å². The lowest BCUT2D eigenvalue weighted by atomic mass is 10.1. The molecule has 1 aromatic rings. The summed E-state index contributed by atoms with van der Waals surface area (Å²) in [4.78, 5) is 8.73. The minimum atomic E-state index is 0. The lowest BCUT2D eigenvalue weighted by Gasteiger charge is -2.02. The van der Waals surface area contributed by atoms with Crippen LogP contribution in [0.15, 0.2) is 46.0 Å². The van der Waals surface area contributed by atoms with Gasteiger partial charge in [-0.1, -0.05) is 18.2 Å². The first-order valence-electron chi connectivity index (χ1n) is 4.32. The molecule has 1 aromatic carbocycles. The molecule has 0 fully saturated rings. The van der Waals surface area contributed by atoms with Crippen LogP contribution in [-0.4, -0.2) is 12.8 Å². The quantitative estimate of drug-likeness (QED) is 0.626. The minimum Gasteiger partial charge on any atom is -0.288 e. The molecule has 2 nitrogen and oxygen atoms in total. The Labute approximate surface area is 125 Å². The topological polar surface area (TPSA) is 24.7 Å². The molecule has 0 saturated carbocycles. The highest BCUT2D eigenvalue weighted by molar-refractivity contribution is 8.93. The SMILES string of the molecule is Br.Br.Br.C1=NCC2=c3ccccc3=NC2=C1. The van der Waals surface area contributed by atoms with Crippen LogP contribution >= 0.6 is 50.9 Å². The zero-order valence-electron chi connectivity index (χ0n) is 8.29. The van der Waals surface area contributed by atoms with Gasteiger partial charge in [0.05, 0.1) is 17.6 Å². The number of aliphatic imine (C=N–C) groups is 1. The summed E-state index contributed by atoms with van der Waals surface area (Å²) in [6.07, 6.45) is 3.80. The van der Waals surface area contributed by atoms with Gasteiger partial charge in [-0.05, 0) is 12.1 Å². The summed E-state index contributed by atoms with van der Waals surface area (Å²) >= 11 is 0. The molecule has 3 rings (SSSR count). The summed E-state index contributed by atoms with van der Waals surface area (Å²) in [5, 5.41) is 2.32. The van der Waals surface area contributed by atoms with E-state index in [-0.39, 0.29) is 50.9 Å². The second-order valence-electron chi connectivity index (χ2n) is 3.15. The Morgan fingerprint density at radius 1 is 1.00 bits per heavy atom. The third-order valence-corrected chi connectivity index (χ3v) is 2.37. The van der Waals surface area contributed by atoms with E-state index in [0.29, 0.717) is 0 Å². The van der Waals surface area contributed by atoms with Crippen molar-refractivity contribution < 1.29 is 0 Å². The van der Waals surface area contributed by atoms with Gasteiger partial charge in [-0.15, -0.1) is 50.9 Å². The van der Waals surface area contributed by atoms with Gasteiger partial charge in [0, 0.05) is 17.0 Å². The maximum absolute atomic E-state index is 4.51. The van der Waals surface area contributed by atoms with Crippen molar-refractivity contribution in [2.24, 2.45) is 9.98 Å². The summed E-state index contributed by atoms with van der Waals surface area (Å²) in [6.45, 7) is 0.770. The highest BCUT2D eigenvalue weighted by Crippen LogP contribution is 2.15. The number of hydrogen-bond donors (Lipinski definition) is 0. The van der Waals surface area contributed by atoms with Crippen LogP contribution in [0.5, 0.6) is 0 Å². The van der Waals surface area contributed by atoms with E-state index in [0.717, 1.165) is 17.6 Å². The first kappa shape index (κ1) is 15.7. The molecular weight excluding hydrogens is 400 g/mol. The fourth-order valence-electron chi connectivity index (χ4n) is 1.73. The van der Waals surface area contributed by atoms with Gasteiger partial charge in [-0.2, -0.15) is 0 Å². The molecule has 2 aliphatic heterocycles. The molecule has 0 saturated heterocycles. The van der Waals surface area contributed by atoms with Crippen LogP contribution in [0.2, 0.25) is 0 Å². The normalized spacial score (nSPS) is 14.2. The summed E-state index contributed by atoms with van der Waals surface area (Å²) in [5.41, 5.74) is 2.34. The molecule has 0 atom stereocenters. The number of hydrogen-bond acceptors (Lipinski definition) is 2. The second kappa shape index (κ2) is 6.47. The number of para-hydroxylation sites is 1. The molecule has 0 unspecified atom stereocenters. The molecular formula is C11H11Br3N2. The van der Waals surface area contributed by atoms with Crippen LogP contribution in [0.4, 0.5) is 0 Å². The van der Waals surface area contributed by atoms with Gasteiger partial charge in [0.15, 0.2) is 0 Å². The van der Waals surface area contributed by atoms with Gasteiger partial charge in [0.2, 0.25) is 0 Å². The lowest BCUT2D eigenvalue weighted by molar-refractivity contribution is 1.22.